The lowest BCUT2D eigenvalue weighted by Crippen LogP contribution is -2.40. The zero-order valence-electron chi connectivity index (χ0n) is 11.8. The Morgan fingerprint density at radius 3 is 2.47 bits per heavy atom. The van der Waals surface area contributed by atoms with Crippen LogP contribution in [0.3, 0.4) is 0 Å². The van der Waals surface area contributed by atoms with Crippen LogP contribution >= 0.6 is 0 Å². The lowest BCUT2D eigenvalue weighted by atomic mass is 10.2. The van der Waals surface area contributed by atoms with Gasteiger partial charge in [-0.05, 0) is 51.6 Å². The average Bonchev–Trinajstić information content (AvgIpc) is 2.37. The van der Waals surface area contributed by atoms with Crippen LogP contribution in [-0.4, -0.2) is 41.7 Å². The monoisotopic (exact) mass is 265 g/mol. The molecule has 0 fully saturated rings. The molecule has 0 aliphatic carbocycles. The number of nitrogens with zero attached hydrogens (tertiary/aromatic N) is 1. The van der Waals surface area contributed by atoms with Crippen LogP contribution in [0.15, 0.2) is 24.3 Å². The van der Waals surface area contributed by atoms with Crippen molar-refractivity contribution < 1.29 is 9.90 Å². The second kappa shape index (κ2) is 7.11. The van der Waals surface area contributed by atoms with Gasteiger partial charge in [-0.1, -0.05) is 0 Å². The number of aliphatic hydroxyl groups is 1. The number of hydrogen-bond donors (Lipinski definition) is 3. The maximum Gasteiger partial charge on any atom is 0.241 e. The molecule has 1 aromatic rings. The van der Waals surface area contributed by atoms with Crippen molar-refractivity contribution in [1.82, 2.24) is 4.90 Å². The molecule has 106 valence electrons. The first-order valence-electron chi connectivity index (χ1n) is 6.45. The first-order chi connectivity index (χ1) is 8.90. The Kier molecular flexibility index (Phi) is 5.79. The summed E-state index contributed by atoms with van der Waals surface area (Å²) in [6.45, 7) is 4.26. The number of nitrogen functional groups attached to an aromatic ring is 1. The number of likely N-dealkylation sites (N-methyl/N-ethyl adjacent to an activating group) is 1. The summed E-state index contributed by atoms with van der Waals surface area (Å²) in [4.78, 5) is 14.0. The molecule has 1 aromatic carbocycles. The van der Waals surface area contributed by atoms with Gasteiger partial charge in [-0.3, -0.25) is 9.69 Å². The van der Waals surface area contributed by atoms with Gasteiger partial charge in [0, 0.05) is 17.9 Å². The van der Waals surface area contributed by atoms with E-state index in [1.54, 1.807) is 31.2 Å². The molecule has 0 radical (unpaired) electrons. The van der Waals surface area contributed by atoms with E-state index in [2.05, 4.69) is 5.32 Å². The van der Waals surface area contributed by atoms with Gasteiger partial charge in [0.1, 0.15) is 0 Å². The summed E-state index contributed by atoms with van der Waals surface area (Å²) in [6, 6.07) is 6.79. The smallest absolute Gasteiger partial charge is 0.241 e. The van der Waals surface area contributed by atoms with E-state index in [-0.39, 0.29) is 18.1 Å². The van der Waals surface area contributed by atoms with E-state index in [1.807, 2.05) is 18.9 Å². The average molecular weight is 265 g/mol. The molecule has 0 saturated heterocycles. The summed E-state index contributed by atoms with van der Waals surface area (Å²) in [5.41, 5.74) is 6.99. The summed E-state index contributed by atoms with van der Waals surface area (Å²) in [5, 5.41) is 12.1. The number of hydrogen-bond acceptors (Lipinski definition) is 4. The van der Waals surface area contributed by atoms with Crippen molar-refractivity contribution >= 4 is 17.3 Å². The lowest BCUT2D eigenvalue weighted by Gasteiger charge is -2.24. The van der Waals surface area contributed by atoms with Crippen molar-refractivity contribution in [2.45, 2.75) is 32.4 Å². The molecular weight excluding hydrogens is 242 g/mol. The van der Waals surface area contributed by atoms with E-state index in [1.165, 1.54) is 0 Å². The highest BCUT2D eigenvalue weighted by Gasteiger charge is 2.18. The molecule has 19 heavy (non-hydrogen) atoms. The van der Waals surface area contributed by atoms with Crippen LogP contribution in [0.2, 0.25) is 0 Å². The minimum absolute atomic E-state index is 0.0714. The van der Waals surface area contributed by atoms with Gasteiger partial charge in [0.2, 0.25) is 5.91 Å². The highest BCUT2D eigenvalue weighted by Crippen LogP contribution is 2.11. The number of anilines is 2. The zero-order valence-corrected chi connectivity index (χ0v) is 11.8. The molecule has 4 N–H and O–H groups in total. The first kappa shape index (κ1) is 15.5. The van der Waals surface area contributed by atoms with Gasteiger partial charge in [-0.25, -0.2) is 0 Å². The number of aliphatic hydroxyl groups excluding tert-OH is 1. The molecule has 0 aromatic heterocycles. The third-order valence-electron chi connectivity index (χ3n) is 3.12. The maximum atomic E-state index is 12.0. The molecular formula is C14H23N3O2. The molecule has 2 unspecified atom stereocenters. The summed E-state index contributed by atoms with van der Waals surface area (Å²) < 4.78 is 0. The minimum atomic E-state index is -0.352. The normalized spacial score (nSPS) is 14.2. The molecule has 0 aliphatic rings. The van der Waals surface area contributed by atoms with Crippen molar-refractivity contribution in [3.63, 3.8) is 0 Å². The molecule has 2 atom stereocenters. The largest absolute Gasteiger partial charge is 0.399 e. The van der Waals surface area contributed by atoms with E-state index in [0.29, 0.717) is 18.7 Å². The van der Waals surface area contributed by atoms with E-state index in [4.69, 9.17) is 5.73 Å². The van der Waals surface area contributed by atoms with Crippen molar-refractivity contribution in [3.05, 3.63) is 24.3 Å². The Bertz CT molecular complexity index is 404. The maximum absolute atomic E-state index is 12.0. The molecule has 0 heterocycles. The zero-order chi connectivity index (χ0) is 14.4. The van der Waals surface area contributed by atoms with Crippen molar-refractivity contribution in [3.8, 4) is 0 Å². The second-order valence-corrected chi connectivity index (χ2v) is 4.91. The standard InChI is InChI=1S/C14H23N3O2/c1-10(18)8-9-17(3)11(2)14(19)16-13-6-4-12(15)5-7-13/h4-7,10-11,18H,8-9,15H2,1-3H3,(H,16,19). The number of amides is 1. The fourth-order valence-corrected chi connectivity index (χ4v) is 1.60. The van der Waals surface area contributed by atoms with E-state index in [0.717, 1.165) is 5.69 Å². The first-order valence-corrected chi connectivity index (χ1v) is 6.45. The molecule has 0 bridgehead atoms. The van der Waals surface area contributed by atoms with Crippen LogP contribution in [0.5, 0.6) is 0 Å². The highest BCUT2D eigenvalue weighted by atomic mass is 16.3. The number of nitrogens with two attached hydrogens (primary N) is 1. The van der Waals surface area contributed by atoms with Crippen LogP contribution in [0.4, 0.5) is 11.4 Å². The van der Waals surface area contributed by atoms with Crippen LogP contribution < -0.4 is 11.1 Å². The van der Waals surface area contributed by atoms with Crippen LogP contribution in [0, 0.1) is 0 Å². The lowest BCUT2D eigenvalue weighted by molar-refractivity contribution is -0.120. The van der Waals surface area contributed by atoms with Crippen LogP contribution in [0.25, 0.3) is 0 Å². The van der Waals surface area contributed by atoms with Crippen molar-refractivity contribution in [1.29, 1.82) is 0 Å². The Morgan fingerprint density at radius 2 is 1.95 bits per heavy atom. The third kappa shape index (κ3) is 5.28. The number of rotatable bonds is 6. The van der Waals surface area contributed by atoms with Gasteiger partial charge < -0.3 is 16.2 Å². The van der Waals surface area contributed by atoms with E-state index < -0.39 is 0 Å². The number of carbonyl (C=O) groups excluding carboxylic acids is 1. The topological polar surface area (TPSA) is 78.6 Å². The Hall–Kier alpha value is -1.59. The van der Waals surface area contributed by atoms with Gasteiger partial charge >= 0.3 is 0 Å². The Balaban J connectivity index is 2.50. The predicted molar refractivity (Wildman–Crippen MR) is 77.9 cm³/mol. The summed E-state index contributed by atoms with van der Waals surface area (Å²) >= 11 is 0. The molecule has 1 rings (SSSR count). The van der Waals surface area contributed by atoms with Crippen LogP contribution in [-0.2, 0) is 4.79 Å². The molecule has 0 saturated carbocycles. The molecule has 1 amide bonds. The quantitative estimate of drug-likeness (QED) is 0.677. The highest BCUT2D eigenvalue weighted by molar-refractivity contribution is 5.94. The van der Waals surface area contributed by atoms with Crippen molar-refractivity contribution in [2.24, 2.45) is 0 Å². The number of benzene rings is 1. The van der Waals surface area contributed by atoms with Gasteiger partial charge in [0.05, 0.1) is 12.1 Å². The van der Waals surface area contributed by atoms with Gasteiger partial charge in [0.25, 0.3) is 0 Å². The fraction of sp³-hybridized carbons (Fsp3) is 0.500. The molecule has 5 heteroatoms. The van der Waals surface area contributed by atoms with Crippen molar-refractivity contribution in [2.75, 3.05) is 24.6 Å². The minimum Gasteiger partial charge on any atom is -0.399 e. The van der Waals surface area contributed by atoms with Crippen LogP contribution in [0.1, 0.15) is 20.3 Å². The third-order valence-corrected chi connectivity index (χ3v) is 3.12. The second-order valence-electron chi connectivity index (χ2n) is 4.91. The number of carbonyl (C=O) groups is 1. The number of nitrogens with one attached hydrogen (secondary N) is 1. The van der Waals surface area contributed by atoms with E-state index in [9.17, 15) is 9.90 Å². The summed E-state index contributed by atoms with van der Waals surface area (Å²) in [7, 11) is 1.87. The van der Waals surface area contributed by atoms with Gasteiger partial charge in [-0.15, -0.1) is 0 Å². The molecule has 5 nitrogen and oxygen atoms in total. The summed E-state index contributed by atoms with van der Waals surface area (Å²) in [6.07, 6.45) is 0.297. The van der Waals surface area contributed by atoms with Gasteiger partial charge in [0.15, 0.2) is 0 Å². The fourth-order valence-electron chi connectivity index (χ4n) is 1.60. The van der Waals surface area contributed by atoms with Gasteiger partial charge in [-0.2, -0.15) is 0 Å². The Morgan fingerprint density at radius 1 is 1.37 bits per heavy atom. The SMILES string of the molecule is CC(O)CCN(C)C(C)C(=O)Nc1ccc(N)cc1. The summed E-state index contributed by atoms with van der Waals surface area (Å²) in [5.74, 6) is -0.0714. The molecule has 0 aliphatic heterocycles. The van der Waals surface area contributed by atoms with E-state index >= 15 is 0 Å². The Labute approximate surface area is 114 Å². The predicted octanol–water partition coefficient (Wildman–Crippen LogP) is 1.30. The molecule has 0 spiro atoms.